The van der Waals surface area contributed by atoms with Gasteiger partial charge in [0.15, 0.2) is 0 Å². The molecule has 0 bridgehead atoms. The number of H-pyrrole nitrogens is 1. The molecule has 1 saturated heterocycles. The lowest BCUT2D eigenvalue weighted by Gasteiger charge is -2.33. The van der Waals surface area contributed by atoms with Gasteiger partial charge in [-0.3, -0.25) is 14.3 Å². The molecule has 2 aromatic heterocycles. The summed E-state index contributed by atoms with van der Waals surface area (Å²) in [6, 6.07) is 5.02. The van der Waals surface area contributed by atoms with Gasteiger partial charge in [0.05, 0.1) is 6.33 Å². The van der Waals surface area contributed by atoms with Crippen molar-refractivity contribution in [3.05, 3.63) is 40.7 Å². The molecule has 0 saturated carbocycles. The van der Waals surface area contributed by atoms with Gasteiger partial charge in [-0.05, 0) is 44.5 Å². The normalized spacial score (nSPS) is 19.3. The third-order valence-corrected chi connectivity index (χ3v) is 5.10. The Hall–Kier alpha value is -2.21. The Morgan fingerprint density at radius 2 is 2.21 bits per heavy atom. The number of hydrogen-bond donors (Lipinski definition) is 1. The number of rotatable bonds is 3. The topological polar surface area (TPSA) is 53.9 Å². The van der Waals surface area contributed by atoms with E-state index in [1.165, 1.54) is 31.4 Å². The van der Waals surface area contributed by atoms with Crippen LogP contribution in [0.5, 0.6) is 0 Å². The highest BCUT2D eigenvalue weighted by molar-refractivity contribution is 6.04. The van der Waals surface area contributed by atoms with Crippen LogP contribution in [0.1, 0.15) is 26.2 Å². The van der Waals surface area contributed by atoms with E-state index < -0.39 is 0 Å². The van der Waals surface area contributed by atoms with E-state index in [4.69, 9.17) is 0 Å². The molecular weight excluding hydrogens is 307 g/mol. The number of aromatic nitrogens is 3. The number of likely N-dealkylation sites (tertiary alicyclic amines) is 1. The molecule has 0 aliphatic carbocycles. The Labute approximate surface area is 139 Å². The Morgan fingerprint density at radius 1 is 1.33 bits per heavy atom. The predicted octanol–water partition coefficient (Wildman–Crippen LogP) is 2.89. The molecule has 126 valence electrons. The fraction of sp³-hybridized carbons (Fsp3) is 0.444. The molecule has 6 heteroatoms. The van der Waals surface area contributed by atoms with Gasteiger partial charge < -0.3 is 4.98 Å². The van der Waals surface area contributed by atoms with E-state index in [1.54, 1.807) is 17.0 Å². The maximum atomic E-state index is 13.5. The molecular formula is C18H21FN4O. The summed E-state index contributed by atoms with van der Waals surface area (Å²) in [5.41, 5.74) is 1.63. The van der Waals surface area contributed by atoms with Crippen molar-refractivity contribution in [3.8, 4) is 0 Å². The number of nitrogens with zero attached hydrogens (tertiary/aromatic N) is 3. The molecule has 24 heavy (non-hydrogen) atoms. The average molecular weight is 328 g/mol. The van der Waals surface area contributed by atoms with Crippen molar-refractivity contribution < 1.29 is 4.39 Å². The fourth-order valence-electron chi connectivity index (χ4n) is 3.65. The van der Waals surface area contributed by atoms with Crippen LogP contribution in [0.25, 0.3) is 21.9 Å². The summed E-state index contributed by atoms with van der Waals surface area (Å²) in [7, 11) is 0. The molecule has 1 fully saturated rings. The van der Waals surface area contributed by atoms with Crippen molar-refractivity contribution in [3.63, 3.8) is 0 Å². The summed E-state index contributed by atoms with van der Waals surface area (Å²) >= 11 is 0. The maximum absolute atomic E-state index is 13.5. The predicted molar refractivity (Wildman–Crippen MR) is 92.7 cm³/mol. The maximum Gasteiger partial charge on any atom is 0.277 e. The summed E-state index contributed by atoms with van der Waals surface area (Å²) in [6.45, 7) is 4.81. The number of fused-ring (bicyclic) bond motifs is 3. The molecule has 1 atom stereocenters. The van der Waals surface area contributed by atoms with E-state index in [9.17, 15) is 9.18 Å². The second kappa shape index (κ2) is 6.02. The minimum Gasteiger partial charge on any atom is -0.349 e. The zero-order valence-corrected chi connectivity index (χ0v) is 13.8. The van der Waals surface area contributed by atoms with Crippen molar-refractivity contribution in [2.75, 3.05) is 13.1 Å². The first kappa shape index (κ1) is 15.3. The van der Waals surface area contributed by atoms with E-state index >= 15 is 0 Å². The number of aromatic amines is 1. The van der Waals surface area contributed by atoms with E-state index in [1.807, 2.05) is 0 Å². The molecule has 1 aromatic carbocycles. The third kappa shape index (κ3) is 2.60. The Morgan fingerprint density at radius 3 is 3.04 bits per heavy atom. The van der Waals surface area contributed by atoms with Gasteiger partial charge >= 0.3 is 0 Å². The SMILES string of the molecule is CC1CCCCN1CCn1cnc2c([nH]c3ccc(F)cc32)c1=O. The number of benzene rings is 1. The largest absolute Gasteiger partial charge is 0.349 e. The fourth-order valence-corrected chi connectivity index (χ4v) is 3.65. The van der Waals surface area contributed by atoms with E-state index in [2.05, 4.69) is 21.8 Å². The first-order valence-electron chi connectivity index (χ1n) is 8.54. The molecule has 5 nitrogen and oxygen atoms in total. The van der Waals surface area contributed by atoms with Crippen LogP contribution in [0.4, 0.5) is 4.39 Å². The van der Waals surface area contributed by atoms with Crippen molar-refractivity contribution in [2.24, 2.45) is 0 Å². The minimum absolute atomic E-state index is 0.0960. The Bertz CT molecular complexity index is 945. The lowest BCUT2D eigenvalue weighted by atomic mass is 10.0. The highest BCUT2D eigenvalue weighted by Crippen LogP contribution is 2.22. The number of hydrogen-bond acceptors (Lipinski definition) is 3. The van der Waals surface area contributed by atoms with Crippen LogP contribution in [-0.2, 0) is 6.54 Å². The Balaban J connectivity index is 1.66. The Kier molecular flexibility index (Phi) is 3.84. The standard InChI is InChI=1S/C18H21FN4O/c1-12-4-2-3-7-22(12)8-9-23-11-20-16-14-10-13(19)5-6-15(14)21-17(16)18(23)24/h5-6,10-12,21H,2-4,7-9H2,1H3. The molecule has 1 aliphatic heterocycles. The number of nitrogens with one attached hydrogen (secondary N) is 1. The smallest absolute Gasteiger partial charge is 0.277 e. The summed E-state index contributed by atoms with van der Waals surface area (Å²) in [4.78, 5) is 22.6. The van der Waals surface area contributed by atoms with Crippen LogP contribution in [0, 0.1) is 5.82 Å². The van der Waals surface area contributed by atoms with Crippen molar-refractivity contribution in [1.29, 1.82) is 0 Å². The minimum atomic E-state index is -0.325. The van der Waals surface area contributed by atoms with Crippen molar-refractivity contribution >= 4 is 21.9 Å². The number of piperidine rings is 1. The zero-order valence-electron chi connectivity index (χ0n) is 13.8. The van der Waals surface area contributed by atoms with E-state index in [0.717, 1.165) is 18.6 Å². The molecule has 0 spiro atoms. The van der Waals surface area contributed by atoms with Crippen LogP contribution >= 0.6 is 0 Å². The van der Waals surface area contributed by atoms with Gasteiger partial charge in [0.25, 0.3) is 5.56 Å². The molecule has 1 aliphatic rings. The summed E-state index contributed by atoms with van der Waals surface area (Å²) in [5.74, 6) is -0.325. The molecule has 0 radical (unpaired) electrons. The molecule has 1 unspecified atom stereocenters. The monoisotopic (exact) mass is 328 g/mol. The molecule has 3 aromatic rings. The quantitative estimate of drug-likeness (QED) is 0.804. The highest BCUT2D eigenvalue weighted by Gasteiger charge is 2.18. The molecule has 4 rings (SSSR count). The van der Waals surface area contributed by atoms with Gasteiger partial charge in [0.2, 0.25) is 0 Å². The van der Waals surface area contributed by atoms with Gasteiger partial charge in [-0.25, -0.2) is 9.37 Å². The molecule has 0 amide bonds. The zero-order chi connectivity index (χ0) is 16.7. The summed E-state index contributed by atoms with van der Waals surface area (Å²) in [6.07, 6.45) is 5.32. The lowest BCUT2D eigenvalue weighted by Crippen LogP contribution is -2.40. The highest BCUT2D eigenvalue weighted by atomic mass is 19.1. The van der Waals surface area contributed by atoms with Crippen LogP contribution < -0.4 is 5.56 Å². The van der Waals surface area contributed by atoms with Crippen molar-refractivity contribution in [1.82, 2.24) is 19.4 Å². The molecule has 3 heterocycles. The van der Waals surface area contributed by atoms with Gasteiger partial charge in [-0.15, -0.1) is 0 Å². The van der Waals surface area contributed by atoms with Crippen LogP contribution in [0.2, 0.25) is 0 Å². The van der Waals surface area contributed by atoms with E-state index in [-0.39, 0.29) is 11.4 Å². The van der Waals surface area contributed by atoms with Gasteiger partial charge in [0, 0.05) is 30.0 Å². The average Bonchev–Trinajstić information content (AvgIpc) is 2.94. The first-order chi connectivity index (χ1) is 11.6. The van der Waals surface area contributed by atoms with Crippen LogP contribution in [0.15, 0.2) is 29.3 Å². The van der Waals surface area contributed by atoms with Gasteiger partial charge in [-0.2, -0.15) is 0 Å². The molecule has 1 N–H and O–H groups in total. The van der Waals surface area contributed by atoms with Crippen LogP contribution in [0.3, 0.4) is 0 Å². The third-order valence-electron chi connectivity index (χ3n) is 5.10. The van der Waals surface area contributed by atoms with Gasteiger partial charge in [-0.1, -0.05) is 6.42 Å². The second-order valence-corrected chi connectivity index (χ2v) is 6.66. The first-order valence-corrected chi connectivity index (χ1v) is 8.54. The number of halogens is 1. The second-order valence-electron chi connectivity index (χ2n) is 6.66. The van der Waals surface area contributed by atoms with Gasteiger partial charge in [0.1, 0.15) is 16.9 Å². The summed E-state index contributed by atoms with van der Waals surface area (Å²) in [5, 5.41) is 0.652. The lowest BCUT2D eigenvalue weighted by molar-refractivity contribution is 0.154. The summed E-state index contributed by atoms with van der Waals surface area (Å²) < 4.78 is 15.1. The van der Waals surface area contributed by atoms with Crippen LogP contribution in [-0.4, -0.2) is 38.6 Å². The van der Waals surface area contributed by atoms with Crippen molar-refractivity contribution in [2.45, 2.75) is 38.8 Å². The van der Waals surface area contributed by atoms with E-state index in [0.29, 0.717) is 29.0 Å².